The molecule has 2 aromatic carbocycles. The number of benzene rings is 2. The number of hydrogen-bond acceptors (Lipinski definition) is 3. The number of para-hydroxylation sites is 1. The van der Waals surface area contributed by atoms with Gasteiger partial charge in [0.2, 0.25) is 0 Å². The Hall–Kier alpha value is -2.47. The molecule has 102 valence electrons. The van der Waals surface area contributed by atoms with E-state index < -0.39 is 0 Å². The third kappa shape index (κ3) is 3.52. The Morgan fingerprint density at radius 1 is 1.05 bits per heavy atom. The molecular formula is C17H17NO2. The van der Waals surface area contributed by atoms with Gasteiger partial charge in [0.15, 0.2) is 11.5 Å². The van der Waals surface area contributed by atoms with Crippen LogP contribution in [0.25, 0.3) is 0 Å². The molecule has 0 heterocycles. The maximum atomic E-state index is 9.09. The molecule has 0 aliphatic rings. The number of hydrogen-bond donors (Lipinski definition) is 0. The summed E-state index contributed by atoms with van der Waals surface area (Å²) in [5.41, 5.74) is 1.79. The molecule has 0 bridgehead atoms. The fourth-order valence-corrected chi connectivity index (χ4v) is 2.01. The highest BCUT2D eigenvalue weighted by Crippen LogP contribution is 2.30. The van der Waals surface area contributed by atoms with Crippen molar-refractivity contribution in [2.45, 2.75) is 12.8 Å². The zero-order valence-electron chi connectivity index (χ0n) is 11.5. The summed E-state index contributed by atoms with van der Waals surface area (Å²) < 4.78 is 11.0. The predicted octanol–water partition coefficient (Wildman–Crippen LogP) is 3.58. The Morgan fingerprint density at radius 2 is 1.85 bits per heavy atom. The lowest BCUT2D eigenvalue weighted by atomic mass is 10.1. The molecule has 20 heavy (non-hydrogen) atoms. The standard InChI is InChI=1S/C17H17NO2/c1-19-16-11-5-10-15(13-18)17(16)20-12-6-9-14-7-3-2-4-8-14/h2-5,7-8,10-11H,6,9,12H2,1H3. The second-order valence-corrected chi connectivity index (χ2v) is 4.39. The van der Waals surface area contributed by atoms with E-state index in [0.717, 1.165) is 12.8 Å². The molecule has 2 rings (SSSR count). The van der Waals surface area contributed by atoms with E-state index in [4.69, 9.17) is 14.7 Å². The zero-order valence-corrected chi connectivity index (χ0v) is 11.5. The molecule has 0 N–H and O–H groups in total. The maximum Gasteiger partial charge on any atom is 0.178 e. The summed E-state index contributed by atoms with van der Waals surface area (Å²) in [5, 5.41) is 9.09. The molecule has 0 spiro atoms. The third-order valence-corrected chi connectivity index (χ3v) is 3.02. The molecule has 0 aliphatic carbocycles. The van der Waals surface area contributed by atoms with Gasteiger partial charge in [-0.1, -0.05) is 36.4 Å². The molecule has 0 saturated carbocycles. The normalized spacial score (nSPS) is 9.80. The minimum Gasteiger partial charge on any atom is -0.493 e. The monoisotopic (exact) mass is 267 g/mol. The van der Waals surface area contributed by atoms with Crippen LogP contribution in [-0.2, 0) is 6.42 Å². The van der Waals surface area contributed by atoms with Crippen molar-refractivity contribution in [3.8, 4) is 17.6 Å². The molecule has 3 heteroatoms. The van der Waals surface area contributed by atoms with Gasteiger partial charge in [-0.2, -0.15) is 5.26 Å². The molecule has 0 aliphatic heterocycles. The summed E-state index contributed by atoms with van der Waals surface area (Å²) in [6.45, 7) is 0.559. The van der Waals surface area contributed by atoms with Crippen LogP contribution in [0.5, 0.6) is 11.5 Å². The van der Waals surface area contributed by atoms with Gasteiger partial charge in [-0.15, -0.1) is 0 Å². The van der Waals surface area contributed by atoms with Crippen molar-refractivity contribution in [1.29, 1.82) is 5.26 Å². The summed E-state index contributed by atoms with van der Waals surface area (Å²) in [6, 6.07) is 17.7. The molecule has 0 saturated heterocycles. The highest BCUT2D eigenvalue weighted by molar-refractivity contribution is 5.52. The molecule has 0 radical (unpaired) electrons. The fraction of sp³-hybridized carbons (Fsp3) is 0.235. The van der Waals surface area contributed by atoms with E-state index in [1.54, 1.807) is 25.3 Å². The first-order valence-corrected chi connectivity index (χ1v) is 6.59. The van der Waals surface area contributed by atoms with E-state index in [2.05, 4.69) is 18.2 Å². The van der Waals surface area contributed by atoms with Gasteiger partial charge in [0.25, 0.3) is 0 Å². The van der Waals surface area contributed by atoms with E-state index >= 15 is 0 Å². The van der Waals surface area contributed by atoms with Gasteiger partial charge in [-0.05, 0) is 30.5 Å². The van der Waals surface area contributed by atoms with Gasteiger partial charge in [0.05, 0.1) is 19.3 Å². The van der Waals surface area contributed by atoms with Gasteiger partial charge in [-0.25, -0.2) is 0 Å². The summed E-state index contributed by atoms with van der Waals surface area (Å²) in [5.74, 6) is 1.13. The zero-order chi connectivity index (χ0) is 14.2. The van der Waals surface area contributed by atoms with Crippen LogP contribution in [0.1, 0.15) is 17.5 Å². The summed E-state index contributed by atoms with van der Waals surface area (Å²) in [4.78, 5) is 0. The molecule has 0 amide bonds. The first kappa shape index (κ1) is 14.0. The summed E-state index contributed by atoms with van der Waals surface area (Å²) in [7, 11) is 1.58. The van der Waals surface area contributed by atoms with Crippen LogP contribution < -0.4 is 9.47 Å². The Balaban J connectivity index is 1.93. The first-order chi connectivity index (χ1) is 9.85. The number of aryl methyl sites for hydroxylation is 1. The van der Waals surface area contributed by atoms with Crippen molar-refractivity contribution in [3.05, 3.63) is 59.7 Å². The Kier molecular flexibility index (Phi) is 5.02. The molecule has 0 aromatic heterocycles. The van der Waals surface area contributed by atoms with Crippen molar-refractivity contribution < 1.29 is 9.47 Å². The van der Waals surface area contributed by atoms with E-state index in [1.165, 1.54) is 5.56 Å². The highest BCUT2D eigenvalue weighted by atomic mass is 16.5. The van der Waals surface area contributed by atoms with Crippen LogP contribution in [0.3, 0.4) is 0 Å². The van der Waals surface area contributed by atoms with Crippen molar-refractivity contribution in [2.75, 3.05) is 13.7 Å². The molecule has 0 atom stereocenters. The second kappa shape index (κ2) is 7.20. The van der Waals surface area contributed by atoms with Crippen LogP contribution >= 0.6 is 0 Å². The third-order valence-electron chi connectivity index (χ3n) is 3.02. The SMILES string of the molecule is COc1cccc(C#N)c1OCCCc1ccccc1. The molecule has 0 fully saturated rings. The largest absolute Gasteiger partial charge is 0.493 e. The second-order valence-electron chi connectivity index (χ2n) is 4.39. The molecule has 2 aromatic rings. The predicted molar refractivity (Wildman–Crippen MR) is 78.0 cm³/mol. The lowest BCUT2D eigenvalue weighted by molar-refractivity contribution is 0.288. The van der Waals surface area contributed by atoms with Gasteiger partial charge >= 0.3 is 0 Å². The Morgan fingerprint density at radius 3 is 2.55 bits per heavy atom. The smallest absolute Gasteiger partial charge is 0.178 e. The van der Waals surface area contributed by atoms with Crippen molar-refractivity contribution >= 4 is 0 Å². The molecule has 0 unspecified atom stereocenters. The van der Waals surface area contributed by atoms with Crippen LogP contribution in [0.15, 0.2) is 48.5 Å². The summed E-state index contributed by atoms with van der Waals surface area (Å²) >= 11 is 0. The van der Waals surface area contributed by atoms with Crippen molar-refractivity contribution in [2.24, 2.45) is 0 Å². The van der Waals surface area contributed by atoms with Crippen LogP contribution in [0, 0.1) is 11.3 Å². The Bertz CT molecular complexity index is 588. The topological polar surface area (TPSA) is 42.2 Å². The Labute approximate surface area is 119 Å². The van der Waals surface area contributed by atoms with E-state index in [-0.39, 0.29) is 0 Å². The lowest BCUT2D eigenvalue weighted by Crippen LogP contribution is -2.02. The number of rotatable bonds is 6. The van der Waals surface area contributed by atoms with E-state index in [0.29, 0.717) is 23.7 Å². The quantitative estimate of drug-likeness (QED) is 0.751. The van der Waals surface area contributed by atoms with Crippen molar-refractivity contribution in [3.63, 3.8) is 0 Å². The average Bonchev–Trinajstić information content (AvgIpc) is 2.52. The number of methoxy groups -OCH3 is 1. The van der Waals surface area contributed by atoms with E-state index in [9.17, 15) is 0 Å². The number of nitriles is 1. The van der Waals surface area contributed by atoms with Gasteiger partial charge in [0, 0.05) is 0 Å². The first-order valence-electron chi connectivity index (χ1n) is 6.59. The van der Waals surface area contributed by atoms with Crippen LogP contribution in [0.4, 0.5) is 0 Å². The fourth-order valence-electron chi connectivity index (χ4n) is 2.01. The molecular weight excluding hydrogens is 250 g/mol. The summed E-state index contributed by atoms with van der Waals surface area (Å²) in [6.07, 6.45) is 1.85. The number of nitrogens with zero attached hydrogens (tertiary/aromatic N) is 1. The van der Waals surface area contributed by atoms with Gasteiger partial charge in [0.1, 0.15) is 6.07 Å². The average molecular weight is 267 g/mol. The lowest BCUT2D eigenvalue weighted by Gasteiger charge is -2.11. The highest BCUT2D eigenvalue weighted by Gasteiger charge is 2.09. The van der Waals surface area contributed by atoms with Crippen LogP contribution in [-0.4, -0.2) is 13.7 Å². The van der Waals surface area contributed by atoms with Crippen LogP contribution in [0.2, 0.25) is 0 Å². The van der Waals surface area contributed by atoms with Gasteiger partial charge in [-0.3, -0.25) is 0 Å². The van der Waals surface area contributed by atoms with Crippen molar-refractivity contribution in [1.82, 2.24) is 0 Å². The maximum absolute atomic E-state index is 9.09. The minimum atomic E-state index is 0.504. The molecule has 3 nitrogen and oxygen atoms in total. The van der Waals surface area contributed by atoms with Gasteiger partial charge < -0.3 is 9.47 Å². The number of ether oxygens (including phenoxy) is 2. The van der Waals surface area contributed by atoms with E-state index in [1.807, 2.05) is 18.2 Å². The minimum absolute atomic E-state index is 0.504.